The SMILES string of the molecule is O=C1NC(=O)[C@@]2(N1)OC[C@@H](O)[C@@H](O)[C@@H]2O. The molecular weight excluding hydrogens is 208 g/mol. The van der Waals surface area contributed by atoms with Crippen LogP contribution in [0.4, 0.5) is 4.79 Å². The van der Waals surface area contributed by atoms with E-state index in [0.29, 0.717) is 0 Å². The summed E-state index contributed by atoms with van der Waals surface area (Å²) in [5, 5.41) is 32.1. The Kier molecular flexibility index (Phi) is 2.15. The Morgan fingerprint density at radius 3 is 2.53 bits per heavy atom. The monoisotopic (exact) mass is 218 g/mol. The highest BCUT2D eigenvalue weighted by atomic mass is 16.6. The summed E-state index contributed by atoms with van der Waals surface area (Å²) in [6, 6.07) is -0.817. The van der Waals surface area contributed by atoms with Gasteiger partial charge in [-0.1, -0.05) is 0 Å². The Morgan fingerprint density at radius 2 is 2.00 bits per heavy atom. The fourth-order valence-electron chi connectivity index (χ4n) is 1.61. The van der Waals surface area contributed by atoms with Crippen LogP contribution in [0.5, 0.6) is 0 Å². The number of amides is 3. The zero-order valence-corrected chi connectivity index (χ0v) is 7.51. The molecular formula is C7H10N2O6. The molecule has 2 fully saturated rings. The first-order valence-electron chi connectivity index (χ1n) is 4.29. The van der Waals surface area contributed by atoms with E-state index in [9.17, 15) is 19.8 Å². The Morgan fingerprint density at radius 1 is 1.33 bits per heavy atom. The predicted molar refractivity (Wildman–Crippen MR) is 43.4 cm³/mol. The number of rotatable bonds is 0. The minimum atomic E-state index is -1.99. The Hall–Kier alpha value is -1.22. The lowest BCUT2D eigenvalue weighted by Gasteiger charge is -2.40. The van der Waals surface area contributed by atoms with Crippen LogP contribution >= 0.6 is 0 Å². The summed E-state index contributed by atoms with van der Waals surface area (Å²) in [7, 11) is 0. The van der Waals surface area contributed by atoms with E-state index < -0.39 is 36.0 Å². The molecule has 3 amide bonds. The molecule has 2 rings (SSSR count). The number of aliphatic hydroxyl groups is 3. The molecule has 2 heterocycles. The van der Waals surface area contributed by atoms with Crippen LogP contribution in [0.2, 0.25) is 0 Å². The van der Waals surface area contributed by atoms with Crippen molar-refractivity contribution < 1.29 is 29.6 Å². The van der Waals surface area contributed by atoms with Crippen LogP contribution in [0.25, 0.3) is 0 Å². The van der Waals surface area contributed by atoms with Crippen LogP contribution in [-0.2, 0) is 9.53 Å². The van der Waals surface area contributed by atoms with Crippen molar-refractivity contribution >= 4 is 11.9 Å². The average Bonchev–Trinajstić information content (AvgIpc) is 2.46. The molecule has 0 aromatic rings. The van der Waals surface area contributed by atoms with Gasteiger partial charge in [-0.15, -0.1) is 0 Å². The van der Waals surface area contributed by atoms with Crippen LogP contribution in [0, 0.1) is 0 Å². The van der Waals surface area contributed by atoms with E-state index >= 15 is 0 Å². The normalized spacial score (nSPS) is 45.4. The molecule has 0 bridgehead atoms. The number of ether oxygens (including phenoxy) is 1. The van der Waals surface area contributed by atoms with Gasteiger partial charge in [0.15, 0.2) is 0 Å². The number of nitrogens with one attached hydrogen (secondary N) is 2. The molecule has 84 valence electrons. The molecule has 0 aromatic carbocycles. The fraction of sp³-hybridized carbons (Fsp3) is 0.714. The van der Waals surface area contributed by atoms with E-state index in [1.54, 1.807) is 0 Å². The molecule has 8 heteroatoms. The maximum Gasteiger partial charge on any atom is 0.324 e. The smallest absolute Gasteiger partial charge is 0.324 e. The second kappa shape index (κ2) is 3.14. The molecule has 4 atom stereocenters. The Labute approximate surface area is 83.8 Å². The second-order valence-electron chi connectivity index (χ2n) is 3.46. The molecule has 1 spiro atoms. The summed E-state index contributed by atoms with van der Waals surface area (Å²) >= 11 is 0. The quantitative estimate of drug-likeness (QED) is 0.270. The summed E-state index contributed by atoms with van der Waals surface area (Å²) in [5.41, 5.74) is -1.99. The van der Waals surface area contributed by atoms with Gasteiger partial charge in [-0.2, -0.15) is 0 Å². The number of aliphatic hydroxyl groups excluding tert-OH is 3. The molecule has 0 aromatic heterocycles. The largest absolute Gasteiger partial charge is 0.388 e. The average molecular weight is 218 g/mol. The molecule has 0 saturated carbocycles. The van der Waals surface area contributed by atoms with Gasteiger partial charge in [0.1, 0.15) is 18.3 Å². The van der Waals surface area contributed by atoms with Crippen LogP contribution < -0.4 is 10.6 Å². The Bertz CT molecular complexity index is 321. The van der Waals surface area contributed by atoms with Crippen LogP contribution in [-0.4, -0.2) is 57.9 Å². The zero-order valence-electron chi connectivity index (χ0n) is 7.51. The van der Waals surface area contributed by atoms with Crippen molar-refractivity contribution in [3.05, 3.63) is 0 Å². The fourth-order valence-corrected chi connectivity index (χ4v) is 1.61. The number of carbonyl (C=O) groups excluding carboxylic acids is 2. The van der Waals surface area contributed by atoms with Gasteiger partial charge in [0.05, 0.1) is 6.61 Å². The molecule has 2 aliphatic rings. The third-order valence-electron chi connectivity index (χ3n) is 2.48. The lowest BCUT2D eigenvalue weighted by atomic mass is 9.94. The number of hydrogen-bond acceptors (Lipinski definition) is 6. The van der Waals surface area contributed by atoms with Crippen molar-refractivity contribution in [1.29, 1.82) is 0 Å². The number of hydrogen-bond donors (Lipinski definition) is 5. The van der Waals surface area contributed by atoms with Gasteiger partial charge in [0.25, 0.3) is 11.6 Å². The maximum atomic E-state index is 11.4. The van der Waals surface area contributed by atoms with Gasteiger partial charge in [-0.3, -0.25) is 15.4 Å². The predicted octanol–water partition coefficient (Wildman–Crippen LogP) is -3.36. The van der Waals surface area contributed by atoms with Gasteiger partial charge in [-0.05, 0) is 0 Å². The number of urea groups is 1. The summed E-state index contributed by atoms with van der Waals surface area (Å²) in [4.78, 5) is 22.2. The van der Waals surface area contributed by atoms with Crippen molar-refractivity contribution in [2.24, 2.45) is 0 Å². The molecule has 2 aliphatic heterocycles. The minimum Gasteiger partial charge on any atom is -0.388 e. The highest BCUT2D eigenvalue weighted by Crippen LogP contribution is 2.26. The van der Waals surface area contributed by atoms with Gasteiger partial charge in [0, 0.05) is 0 Å². The molecule has 0 unspecified atom stereocenters. The summed E-state index contributed by atoms with van der Waals surface area (Å²) < 4.78 is 4.90. The van der Waals surface area contributed by atoms with E-state index in [2.05, 4.69) is 5.32 Å². The zero-order chi connectivity index (χ0) is 11.2. The van der Waals surface area contributed by atoms with Gasteiger partial charge in [0.2, 0.25) is 0 Å². The first-order chi connectivity index (χ1) is 6.97. The van der Waals surface area contributed by atoms with Crippen molar-refractivity contribution in [2.45, 2.75) is 24.0 Å². The number of imide groups is 1. The summed E-state index contributed by atoms with van der Waals surface area (Å²) in [6.45, 7) is -0.355. The summed E-state index contributed by atoms with van der Waals surface area (Å²) in [5.74, 6) is -0.883. The van der Waals surface area contributed by atoms with Crippen LogP contribution in [0.3, 0.4) is 0 Å². The molecule has 2 saturated heterocycles. The Balaban J connectivity index is 2.29. The lowest BCUT2D eigenvalue weighted by Crippen LogP contribution is -2.68. The highest BCUT2D eigenvalue weighted by Gasteiger charge is 2.59. The van der Waals surface area contributed by atoms with Crippen molar-refractivity contribution in [3.63, 3.8) is 0 Å². The van der Waals surface area contributed by atoms with Gasteiger partial charge < -0.3 is 20.1 Å². The van der Waals surface area contributed by atoms with E-state index in [-0.39, 0.29) is 6.61 Å². The van der Waals surface area contributed by atoms with Crippen molar-refractivity contribution in [2.75, 3.05) is 6.61 Å². The molecule has 0 radical (unpaired) electrons. The topological polar surface area (TPSA) is 128 Å². The van der Waals surface area contributed by atoms with E-state index in [1.165, 1.54) is 0 Å². The highest BCUT2D eigenvalue weighted by molar-refractivity contribution is 6.06. The minimum absolute atomic E-state index is 0.355. The first-order valence-corrected chi connectivity index (χ1v) is 4.29. The molecule has 15 heavy (non-hydrogen) atoms. The molecule has 5 N–H and O–H groups in total. The van der Waals surface area contributed by atoms with Crippen LogP contribution in [0.1, 0.15) is 0 Å². The third kappa shape index (κ3) is 1.30. The van der Waals surface area contributed by atoms with Crippen molar-refractivity contribution in [1.82, 2.24) is 10.6 Å². The maximum absolute atomic E-state index is 11.4. The third-order valence-corrected chi connectivity index (χ3v) is 2.48. The van der Waals surface area contributed by atoms with Crippen molar-refractivity contribution in [3.8, 4) is 0 Å². The number of carbonyl (C=O) groups is 2. The van der Waals surface area contributed by atoms with Gasteiger partial charge in [-0.25, -0.2) is 4.79 Å². The van der Waals surface area contributed by atoms with Gasteiger partial charge >= 0.3 is 6.03 Å². The first kappa shape index (κ1) is 10.3. The van der Waals surface area contributed by atoms with Crippen LogP contribution in [0.15, 0.2) is 0 Å². The standard InChI is InChI=1S/C7H10N2O6/c10-2-1-15-7(4(12)3(2)11)5(13)8-6(14)9-7/h2-4,10-12H,1H2,(H2,8,9,13,14)/t2-,3-,4+,7+/m1/s1. The lowest BCUT2D eigenvalue weighted by molar-refractivity contribution is -0.233. The molecule has 0 aliphatic carbocycles. The molecule has 8 nitrogen and oxygen atoms in total. The summed E-state index contributed by atoms with van der Waals surface area (Å²) in [6.07, 6.45) is -4.56. The van der Waals surface area contributed by atoms with E-state index in [4.69, 9.17) is 9.84 Å². The van der Waals surface area contributed by atoms with E-state index in [0.717, 1.165) is 0 Å². The van der Waals surface area contributed by atoms with E-state index in [1.807, 2.05) is 5.32 Å². The second-order valence-corrected chi connectivity index (χ2v) is 3.46.